The molecule has 0 amide bonds. The maximum absolute atomic E-state index is 10.4. The number of nitrogens with one attached hydrogen (secondary N) is 1. The maximum Gasteiger partial charge on any atom is 0.332 e. The highest BCUT2D eigenvalue weighted by Crippen LogP contribution is 2.06. The first-order valence-corrected chi connectivity index (χ1v) is 4.35. The summed E-state index contributed by atoms with van der Waals surface area (Å²) < 4.78 is 0. The molecule has 1 aromatic carbocycles. The van der Waals surface area contributed by atoms with Gasteiger partial charge in [0.1, 0.15) is 5.84 Å². The van der Waals surface area contributed by atoms with Crippen molar-refractivity contribution < 1.29 is 15.0 Å². The highest BCUT2D eigenvalue weighted by molar-refractivity contribution is 5.94. The monoisotopic (exact) mass is 208 g/mol. The van der Waals surface area contributed by atoms with Gasteiger partial charge < -0.3 is 15.9 Å². The van der Waals surface area contributed by atoms with Crippen LogP contribution in [0, 0.1) is 5.41 Å². The van der Waals surface area contributed by atoms with Crippen molar-refractivity contribution in [2.75, 3.05) is 0 Å². The van der Waals surface area contributed by atoms with Crippen LogP contribution in [0.4, 0.5) is 0 Å². The Labute approximate surface area is 86.7 Å². The summed E-state index contributed by atoms with van der Waals surface area (Å²) in [6.45, 7) is 0. The van der Waals surface area contributed by atoms with E-state index in [2.05, 4.69) is 0 Å². The van der Waals surface area contributed by atoms with Gasteiger partial charge in [0.2, 0.25) is 0 Å². The second-order valence-corrected chi connectivity index (χ2v) is 3.17. The highest BCUT2D eigenvalue weighted by Gasteiger charge is 2.13. The second kappa shape index (κ2) is 4.56. The van der Waals surface area contributed by atoms with E-state index >= 15 is 0 Å². The van der Waals surface area contributed by atoms with E-state index in [-0.39, 0.29) is 12.3 Å². The van der Waals surface area contributed by atoms with Crippen LogP contribution in [0.2, 0.25) is 0 Å². The fourth-order valence-electron chi connectivity index (χ4n) is 1.13. The van der Waals surface area contributed by atoms with Crippen molar-refractivity contribution in [2.45, 2.75) is 12.5 Å². The average molecular weight is 208 g/mol. The highest BCUT2D eigenvalue weighted by atomic mass is 16.4. The summed E-state index contributed by atoms with van der Waals surface area (Å²) >= 11 is 0. The number of carbonyl (C=O) groups is 1. The molecule has 5 nitrogen and oxygen atoms in total. The van der Waals surface area contributed by atoms with Gasteiger partial charge in [0.05, 0.1) is 0 Å². The van der Waals surface area contributed by atoms with Gasteiger partial charge in [-0.1, -0.05) is 24.3 Å². The lowest BCUT2D eigenvalue weighted by Crippen LogP contribution is -2.22. The Balaban J connectivity index is 2.72. The molecule has 0 radical (unpaired) electrons. The number of rotatable bonds is 4. The smallest absolute Gasteiger partial charge is 0.332 e. The van der Waals surface area contributed by atoms with Crippen molar-refractivity contribution in [1.82, 2.24) is 0 Å². The van der Waals surface area contributed by atoms with E-state index < -0.39 is 12.1 Å². The summed E-state index contributed by atoms with van der Waals surface area (Å²) in [4.78, 5) is 10.4. The van der Waals surface area contributed by atoms with E-state index in [9.17, 15) is 4.79 Å². The predicted molar refractivity (Wildman–Crippen MR) is 54.8 cm³/mol. The molecule has 1 aromatic rings. The molecule has 80 valence electrons. The number of hydrogen-bond acceptors (Lipinski definition) is 3. The van der Waals surface area contributed by atoms with Crippen molar-refractivity contribution in [2.24, 2.45) is 5.73 Å². The standard InChI is InChI=1S/C10H12N2O3/c11-9(12)7-3-1-6(2-4-7)5-8(13)10(14)15/h1-4,8,13H,5H2,(H3,11,12)(H,14,15). The summed E-state index contributed by atoms with van der Waals surface area (Å²) in [5, 5.41) is 24.7. The number of nitrogens with two attached hydrogens (primary N) is 1. The van der Waals surface area contributed by atoms with Crippen LogP contribution in [0.3, 0.4) is 0 Å². The maximum atomic E-state index is 10.4. The molecule has 15 heavy (non-hydrogen) atoms. The summed E-state index contributed by atoms with van der Waals surface area (Å²) in [6.07, 6.45) is -1.35. The van der Waals surface area contributed by atoms with Crippen LogP contribution in [0.25, 0.3) is 0 Å². The molecule has 0 aromatic heterocycles. The van der Waals surface area contributed by atoms with E-state index in [0.717, 1.165) is 0 Å². The van der Waals surface area contributed by atoms with Crippen LogP contribution in [-0.4, -0.2) is 28.1 Å². The first-order chi connectivity index (χ1) is 7.00. The Morgan fingerprint density at radius 3 is 2.33 bits per heavy atom. The Kier molecular flexibility index (Phi) is 3.41. The van der Waals surface area contributed by atoms with Gasteiger partial charge in [-0.25, -0.2) is 4.79 Å². The third-order valence-electron chi connectivity index (χ3n) is 1.98. The Morgan fingerprint density at radius 2 is 1.93 bits per heavy atom. The van der Waals surface area contributed by atoms with E-state index in [1.54, 1.807) is 24.3 Å². The van der Waals surface area contributed by atoms with E-state index in [1.165, 1.54) is 0 Å². The first-order valence-electron chi connectivity index (χ1n) is 4.35. The number of hydrogen-bond donors (Lipinski definition) is 4. The number of benzene rings is 1. The molecule has 5 N–H and O–H groups in total. The minimum atomic E-state index is -1.40. The van der Waals surface area contributed by atoms with Crippen LogP contribution < -0.4 is 5.73 Å². The van der Waals surface area contributed by atoms with Gasteiger partial charge >= 0.3 is 5.97 Å². The van der Waals surface area contributed by atoms with E-state index in [0.29, 0.717) is 11.1 Å². The molecular weight excluding hydrogens is 196 g/mol. The lowest BCUT2D eigenvalue weighted by molar-refractivity contribution is -0.146. The molecule has 0 heterocycles. The van der Waals surface area contributed by atoms with Crippen molar-refractivity contribution in [1.29, 1.82) is 5.41 Å². The van der Waals surface area contributed by atoms with Crippen molar-refractivity contribution >= 4 is 11.8 Å². The van der Waals surface area contributed by atoms with Crippen molar-refractivity contribution in [3.05, 3.63) is 35.4 Å². The SMILES string of the molecule is N=C(N)c1ccc(CC(O)C(=O)O)cc1. The summed E-state index contributed by atoms with van der Waals surface area (Å²) in [6, 6.07) is 6.52. The lowest BCUT2D eigenvalue weighted by atomic mass is 10.1. The van der Waals surface area contributed by atoms with Crippen molar-refractivity contribution in [3.8, 4) is 0 Å². The topological polar surface area (TPSA) is 107 Å². The number of carboxylic acid groups (broad SMARTS) is 1. The Bertz CT molecular complexity index is 373. The lowest BCUT2D eigenvalue weighted by Gasteiger charge is -2.06. The molecule has 1 unspecified atom stereocenters. The third-order valence-corrected chi connectivity index (χ3v) is 1.98. The average Bonchev–Trinajstić information content (AvgIpc) is 2.18. The fourth-order valence-corrected chi connectivity index (χ4v) is 1.13. The molecule has 0 aliphatic carbocycles. The minimum absolute atomic E-state index is 0.0414. The van der Waals surface area contributed by atoms with Crippen LogP contribution in [-0.2, 0) is 11.2 Å². The van der Waals surface area contributed by atoms with Crippen LogP contribution >= 0.6 is 0 Å². The van der Waals surface area contributed by atoms with Gasteiger partial charge in [-0.15, -0.1) is 0 Å². The van der Waals surface area contributed by atoms with Gasteiger partial charge in [0, 0.05) is 12.0 Å². The number of aliphatic carboxylic acids is 1. The molecule has 0 saturated heterocycles. The number of amidine groups is 1. The number of carboxylic acids is 1. The molecule has 0 saturated carbocycles. The Morgan fingerprint density at radius 1 is 1.40 bits per heavy atom. The van der Waals surface area contributed by atoms with Crippen LogP contribution in [0.1, 0.15) is 11.1 Å². The quantitative estimate of drug-likeness (QED) is 0.411. The fraction of sp³-hybridized carbons (Fsp3) is 0.200. The molecule has 0 spiro atoms. The normalized spacial score (nSPS) is 12.1. The zero-order chi connectivity index (χ0) is 11.4. The van der Waals surface area contributed by atoms with E-state index in [4.69, 9.17) is 21.4 Å². The van der Waals surface area contributed by atoms with Gasteiger partial charge in [0.25, 0.3) is 0 Å². The van der Waals surface area contributed by atoms with Gasteiger partial charge in [0.15, 0.2) is 6.10 Å². The van der Waals surface area contributed by atoms with Crippen LogP contribution in [0.15, 0.2) is 24.3 Å². The Hall–Kier alpha value is -1.88. The largest absolute Gasteiger partial charge is 0.479 e. The minimum Gasteiger partial charge on any atom is -0.479 e. The molecular formula is C10H12N2O3. The summed E-state index contributed by atoms with van der Waals surface area (Å²) in [5.41, 5.74) is 6.52. The zero-order valence-electron chi connectivity index (χ0n) is 7.97. The molecule has 0 aliphatic rings. The summed E-state index contributed by atoms with van der Waals surface area (Å²) in [7, 11) is 0. The first kappa shape index (κ1) is 11.2. The number of aliphatic hydroxyl groups excluding tert-OH is 1. The molecule has 1 atom stereocenters. The molecule has 0 fully saturated rings. The second-order valence-electron chi connectivity index (χ2n) is 3.17. The van der Waals surface area contributed by atoms with Gasteiger partial charge in [-0.2, -0.15) is 0 Å². The molecule has 5 heteroatoms. The molecule has 0 bridgehead atoms. The third kappa shape index (κ3) is 3.07. The number of aliphatic hydroxyl groups is 1. The predicted octanol–water partition coefficient (Wildman–Crippen LogP) is -0.0413. The zero-order valence-corrected chi connectivity index (χ0v) is 7.97. The van der Waals surface area contributed by atoms with E-state index in [1.807, 2.05) is 0 Å². The molecule has 1 rings (SSSR count). The van der Waals surface area contributed by atoms with Gasteiger partial charge in [-0.05, 0) is 5.56 Å². The number of nitrogen functional groups attached to an aromatic ring is 1. The molecule has 0 aliphatic heterocycles. The van der Waals surface area contributed by atoms with Crippen molar-refractivity contribution in [3.63, 3.8) is 0 Å². The summed E-state index contributed by atoms with van der Waals surface area (Å²) in [5.74, 6) is -1.29. The van der Waals surface area contributed by atoms with Crippen LogP contribution in [0.5, 0.6) is 0 Å². The van der Waals surface area contributed by atoms with Gasteiger partial charge in [-0.3, -0.25) is 5.41 Å².